The molecule has 1 amide bonds. The first-order chi connectivity index (χ1) is 9.96. The van der Waals surface area contributed by atoms with Gasteiger partial charge in [-0.1, -0.05) is 13.8 Å². The van der Waals surface area contributed by atoms with Crippen LogP contribution in [0.2, 0.25) is 0 Å². The highest BCUT2D eigenvalue weighted by molar-refractivity contribution is 7.13. The molecule has 6 nitrogen and oxygen atoms in total. The van der Waals surface area contributed by atoms with Crippen molar-refractivity contribution in [3.63, 3.8) is 0 Å². The summed E-state index contributed by atoms with van der Waals surface area (Å²) in [4.78, 5) is 24.8. The Morgan fingerprint density at radius 3 is 2.81 bits per heavy atom. The minimum atomic E-state index is -0.451. The van der Waals surface area contributed by atoms with Gasteiger partial charge >= 0.3 is 0 Å². The third-order valence-electron chi connectivity index (χ3n) is 3.62. The number of rotatable bonds is 5. The van der Waals surface area contributed by atoms with Crippen molar-refractivity contribution >= 4 is 17.2 Å². The summed E-state index contributed by atoms with van der Waals surface area (Å²) in [5.41, 5.74) is 6.36. The van der Waals surface area contributed by atoms with Crippen LogP contribution >= 0.6 is 11.3 Å². The summed E-state index contributed by atoms with van der Waals surface area (Å²) in [6, 6.07) is 0. The van der Waals surface area contributed by atoms with Crippen LogP contribution in [0.3, 0.4) is 0 Å². The summed E-state index contributed by atoms with van der Waals surface area (Å²) >= 11 is 1.37. The molecule has 0 spiro atoms. The smallest absolute Gasteiger partial charge is 0.271 e. The maximum atomic E-state index is 12.3. The Morgan fingerprint density at radius 1 is 1.48 bits per heavy atom. The lowest BCUT2D eigenvalue weighted by Crippen LogP contribution is -2.55. The zero-order valence-corrected chi connectivity index (χ0v) is 13.1. The van der Waals surface area contributed by atoms with Crippen LogP contribution in [0.25, 0.3) is 10.7 Å². The van der Waals surface area contributed by atoms with Gasteiger partial charge in [0.05, 0.1) is 11.7 Å². The second kappa shape index (κ2) is 6.28. The number of carbonyl (C=O) groups excluding carboxylic acids is 1. The second-order valence-corrected chi connectivity index (χ2v) is 6.22. The first-order valence-corrected chi connectivity index (χ1v) is 7.58. The molecule has 0 saturated heterocycles. The number of aromatic nitrogens is 3. The first kappa shape index (κ1) is 15.5. The third-order valence-corrected chi connectivity index (χ3v) is 4.48. The maximum absolute atomic E-state index is 12.3. The summed E-state index contributed by atoms with van der Waals surface area (Å²) in [5.74, 6) is 0.00702. The molecule has 0 saturated carbocycles. The maximum Gasteiger partial charge on any atom is 0.271 e. The molecule has 0 fully saturated rings. The van der Waals surface area contributed by atoms with Crippen LogP contribution in [0, 0.1) is 5.92 Å². The normalized spacial score (nSPS) is 14.0. The summed E-state index contributed by atoms with van der Waals surface area (Å²) in [6.45, 7) is 6.36. The van der Waals surface area contributed by atoms with E-state index in [2.05, 4.69) is 20.3 Å². The summed E-state index contributed by atoms with van der Waals surface area (Å²) in [6.07, 6.45) is 4.82. The Morgan fingerprint density at radius 2 is 2.24 bits per heavy atom. The number of nitrogens with one attached hydrogen (secondary N) is 1. The Labute approximate surface area is 127 Å². The summed E-state index contributed by atoms with van der Waals surface area (Å²) < 4.78 is 0. The molecule has 0 aliphatic carbocycles. The van der Waals surface area contributed by atoms with Crippen molar-refractivity contribution in [3.8, 4) is 10.7 Å². The van der Waals surface area contributed by atoms with Gasteiger partial charge in [0.2, 0.25) is 0 Å². The predicted molar refractivity (Wildman–Crippen MR) is 82.9 cm³/mol. The van der Waals surface area contributed by atoms with Crippen LogP contribution in [-0.4, -0.2) is 32.9 Å². The number of hydrogen-bond donors (Lipinski definition) is 2. The fourth-order valence-electron chi connectivity index (χ4n) is 1.66. The molecule has 3 N–H and O–H groups in total. The Balaban J connectivity index is 2.16. The molecule has 0 aliphatic heterocycles. The molecular formula is C14H19N5OS. The van der Waals surface area contributed by atoms with Gasteiger partial charge in [-0.15, -0.1) is 11.3 Å². The van der Waals surface area contributed by atoms with Crippen LogP contribution in [0.5, 0.6) is 0 Å². The van der Waals surface area contributed by atoms with Crippen molar-refractivity contribution in [2.45, 2.75) is 26.3 Å². The standard InChI is InChI=1S/C14H19N5OS/c1-9(2)14(3,8-15)19-12(20)11-7-21-13(18-11)10-6-16-4-5-17-10/h4-7,9H,8,15H2,1-3H3,(H,19,20). The molecule has 0 aliphatic rings. The molecule has 2 aromatic heterocycles. The molecule has 1 atom stereocenters. The van der Waals surface area contributed by atoms with Crippen molar-refractivity contribution in [1.29, 1.82) is 0 Å². The lowest BCUT2D eigenvalue weighted by Gasteiger charge is -2.33. The van der Waals surface area contributed by atoms with Crippen molar-refractivity contribution < 1.29 is 4.79 Å². The molecule has 7 heteroatoms. The average Bonchev–Trinajstić information content (AvgIpc) is 2.97. The quantitative estimate of drug-likeness (QED) is 0.877. The highest BCUT2D eigenvalue weighted by atomic mass is 32.1. The van der Waals surface area contributed by atoms with E-state index in [4.69, 9.17) is 5.73 Å². The topological polar surface area (TPSA) is 93.8 Å². The third kappa shape index (κ3) is 3.43. The molecular weight excluding hydrogens is 286 g/mol. The van der Waals surface area contributed by atoms with E-state index in [1.165, 1.54) is 11.3 Å². The fraction of sp³-hybridized carbons (Fsp3) is 0.429. The minimum Gasteiger partial charge on any atom is -0.344 e. The van der Waals surface area contributed by atoms with Gasteiger partial charge in [0.15, 0.2) is 0 Å². The largest absolute Gasteiger partial charge is 0.344 e. The van der Waals surface area contributed by atoms with Crippen LogP contribution in [0.1, 0.15) is 31.3 Å². The zero-order valence-electron chi connectivity index (χ0n) is 12.3. The summed E-state index contributed by atoms with van der Waals surface area (Å²) in [7, 11) is 0. The van der Waals surface area contributed by atoms with E-state index in [0.29, 0.717) is 22.9 Å². The van der Waals surface area contributed by atoms with Crippen LogP contribution in [0.15, 0.2) is 24.0 Å². The predicted octanol–water partition coefficient (Wildman–Crippen LogP) is 1.70. The first-order valence-electron chi connectivity index (χ1n) is 6.71. The van der Waals surface area contributed by atoms with Crippen LogP contribution < -0.4 is 11.1 Å². The zero-order chi connectivity index (χ0) is 15.5. The van der Waals surface area contributed by atoms with E-state index >= 15 is 0 Å². The number of amides is 1. The van der Waals surface area contributed by atoms with Crippen molar-refractivity contribution in [2.24, 2.45) is 11.7 Å². The Hall–Kier alpha value is -1.86. The second-order valence-electron chi connectivity index (χ2n) is 5.36. The molecule has 0 radical (unpaired) electrons. The minimum absolute atomic E-state index is 0.219. The average molecular weight is 305 g/mol. The SMILES string of the molecule is CC(C)C(C)(CN)NC(=O)c1csc(-c2cnccn2)n1. The van der Waals surface area contributed by atoms with Gasteiger partial charge in [-0.2, -0.15) is 0 Å². The van der Waals surface area contributed by atoms with Gasteiger partial charge in [0.25, 0.3) is 5.91 Å². The lowest BCUT2D eigenvalue weighted by atomic mass is 9.88. The van der Waals surface area contributed by atoms with E-state index in [9.17, 15) is 4.79 Å². The highest BCUT2D eigenvalue weighted by Crippen LogP contribution is 2.22. The van der Waals surface area contributed by atoms with E-state index in [0.717, 1.165) is 0 Å². The highest BCUT2D eigenvalue weighted by Gasteiger charge is 2.29. The Kier molecular flexibility index (Phi) is 4.64. The number of nitrogens with zero attached hydrogens (tertiary/aromatic N) is 3. The number of nitrogens with two attached hydrogens (primary N) is 1. The Bertz CT molecular complexity index is 613. The van der Waals surface area contributed by atoms with Crippen molar-refractivity contribution in [2.75, 3.05) is 6.54 Å². The molecule has 2 rings (SSSR count). The van der Waals surface area contributed by atoms with E-state index in [-0.39, 0.29) is 11.8 Å². The number of carbonyl (C=O) groups is 1. The van der Waals surface area contributed by atoms with Gasteiger partial charge in [-0.25, -0.2) is 4.98 Å². The number of hydrogen-bond acceptors (Lipinski definition) is 6. The molecule has 1 unspecified atom stereocenters. The summed E-state index contributed by atoms with van der Waals surface area (Å²) in [5, 5.41) is 5.36. The molecule has 112 valence electrons. The molecule has 0 bridgehead atoms. The van der Waals surface area contributed by atoms with E-state index < -0.39 is 5.54 Å². The fourth-order valence-corrected chi connectivity index (χ4v) is 2.42. The van der Waals surface area contributed by atoms with Crippen LogP contribution in [-0.2, 0) is 0 Å². The lowest BCUT2D eigenvalue weighted by molar-refractivity contribution is 0.0879. The van der Waals surface area contributed by atoms with E-state index in [1.807, 2.05) is 20.8 Å². The van der Waals surface area contributed by atoms with Gasteiger partial charge in [0.1, 0.15) is 16.4 Å². The molecule has 2 aromatic rings. The molecule has 0 aromatic carbocycles. The monoisotopic (exact) mass is 305 g/mol. The van der Waals surface area contributed by atoms with Crippen molar-refractivity contribution in [1.82, 2.24) is 20.3 Å². The van der Waals surface area contributed by atoms with Gasteiger partial charge in [-0.05, 0) is 12.8 Å². The van der Waals surface area contributed by atoms with Gasteiger partial charge < -0.3 is 11.1 Å². The van der Waals surface area contributed by atoms with Gasteiger partial charge in [0, 0.05) is 24.3 Å². The van der Waals surface area contributed by atoms with E-state index in [1.54, 1.807) is 24.0 Å². The van der Waals surface area contributed by atoms with Crippen LogP contribution in [0.4, 0.5) is 0 Å². The molecule has 2 heterocycles. The molecule has 21 heavy (non-hydrogen) atoms. The van der Waals surface area contributed by atoms with Crippen molar-refractivity contribution in [3.05, 3.63) is 29.7 Å². The van der Waals surface area contributed by atoms with Gasteiger partial charge in [-0.3, -0.25) is 14.8 Å². The number of thiazole rings is 1.